The van der Waals surface area contributed by atoms with Crippen LogP contribution in [0.4, 0.5) is 0 Å². The Morgan fingerprint density at radius 3 is 2.63 bits per heavy atom. The summed E-state index contributed by atoms with van der Waals surface area (Å²) in [6, 6.07) is 13.4. The molecule has 0 saturated carbocycles. The lowest BCUT2D eigenvalue weighted by Gasteiger charge is -2.20. The van der Waals surface area contributed by atoms with Gasteiger partial charge in [0.15, 0.2) is 5.58 Å². The number of hydrogen-bond donors (Lipinski definition) is 1. The molecule has 0 fully saturated rings. The molecule has 3 aromatic rings. The molecule has 140 valence electrons. The molecule has 1 atom stereocenters. The van der Waals surface area contributed by atoms with E-state index in [1.165, 1.54) is 0 Å². The van der Waals surface area contributed by atoms with Crippen molar-refractivity contribution in [2.75, 3.05) is 12.9 Å². The lowest BCUT2D eigenvalue weighted by Crippen LogP contribution is -2.35. The van der Waals surface area contributed by atoms with Crippen molar-refractivity contribution in [1.29, 1.82) is 0 Å². The highest BCUT2D eigenvalue weighted by Gasteiger charge is 2.16. The molecule has 27 heavy (non-hydrogen) atoms. The van der Waals surface area contributed by atoms with Crippen molar-refractivity contribution in [2.24, 2.45) is 0 Å². The third-order valence-corrected chi connectivity index (χ3v) is 4.65. The number of carbonyl (C=O) groups is 2. The highest BCUT2D eigenvalue weighted by Crippen LogP contribution is 2.24. The van der Waals surface area contributed by atoms with Gasteiger partial charge in [0.1, 0.15) is 11.3 Å². The molecule has 1 aromatic heterocycles. The molecule has 1 heterocycles. The Bertz CT molecular complexity index is 906. The minimum Gasteiger partial charge on any atom is -0.550 e. The van der Waals surface area contributed by atoms with E-state index in [4.69, 9.17) is 9.15 Å². The van der Waals surface area contributed by atoms with Crippen molar-refractivity contribution < 1.29 is 23.8 Å². The average Bonchev–Trinajstić information content (AvgIpc) is 3.08. The first-order chi connectivity index (χ1) is 13.0. The number of fused-ring (bicyclic) bond motifs is 1. The molecule has 0 aliphatic heterocycles. The van der Waals surface area contributed by atoms with E-state index in [0.717, 1.165) is 11.8 Å². The number of para-hydroxylation sites is 2. The molecular formula is C19H17N2O5S-. The number of nitrogens with zero attached hydrogens (tertiary/aromatic N) is 1. The fourth-order valence-corrected chi connectivity index (χ4v) is 3.18. The molecule has 0 radical (unpaired) electrons. The maximum absolute atomic E-state index is 12.3. The van der Waals surface area contributed by atoms with Crippen LogP contribution < -0.4 is 15.2 Å². The van der Waals surface area contributed by atoms with Crippen molar-refractivity contribution in [3.63, 3.8) is 0 Å². The number of nitrogens with one attached hydrogen (secondary N) is 1. The summed E-state index contributed by atoms with van der Waals surface area (Å²) in [6.45, 7) is 0. The van der Waals surface area contributed by atoms with E-state index in [0.29, 0.717) is 27.6 Å². The monoisotopic (exact) mass is 385 g/mol. The molecule has 0 aliphatic rings. The van der Waals surface area contributed by atoms with Crippen molar-refractivity contribution in [2.45, 2.75) is 17.7 Å². The van der Waals surface area contributed by atoms with Gasteiger partial charge >= 0.3 is 0 Å². The highest BCUT2D eigenvalue weighted by atomic mass is 32.2. The largest absolute Gasteiger partial charge is 0.550 e. The molecule has 2 aromatic carbocycles. The summed E-state index contributed by atoms with van der Waals surface area (Å²) in [5.74, 6) is -0.886. The SMILES string of the molecule is COc1ccc([C@@H](CC(=O)[O-])NC(=O)CSc2nc3ccccc3o2)cc1. The fraction of sp³-hybridized carbons (Fsp3) is 0.211. The first kappa shape index (κ1) is 18.8. The first-order valence-corrected chi connectivity index (χ1v) is 9.15. The van der Waals surface area contributed by atoms with E-state index in [1.54, 1.807) is 37.4 Å². The molecule has 7 nitrogen and oxygen atoms in total. The number of benzene rings is 2. The second-order valence-corrected chi connectivity index (χ2v) is 6.63. The summed E-state index contributed by atoms with van der Waals surface area (Å²) in [6.07, 6.45) is -0.328. The number of carboxylic acid groups (broad SMARTS) is 1. The molecule has 0 spiro atoms. The number of amides is 1. The number of thioether (sulfide) groups is 1. The Morgan fingerprint density at radius 1 is 1.22 bits per heavy atom. The van der Waals surface area contributed by atoms with Gasteiger partial charge in [-0.05, 0) is 29.8 Å². The van der Waals surface area contributed by atoms with Gasteiger partial charge in [0.25, 0.3) is 5.22 Å². The van der Waals surface area contributed by atoms with Crippen molar-refractivity contribution in [1.82, 2.24) is 10.3 Å². The molecule has 8 heteroatoms. The first-order valence-electron chi connectivity index (χ1n) is 8.16. The maximum atomic E-state index is 12.3. The van der Waals surface area contributed by atoms with Crippen LogP contribution in [0, 0.1) is 0 Å². The summed E-state index contributed by atoms with van der Waals surface area (Å²) in [5.41, 5.74) is 2.02. The van der Waals surface area contributed by atoms with E-state index >= 15 is 0 Å². The van der Waals surface area contributed by atoms with E-state index in [9.17, 15) is 14.7 Å². The lowest BCUT2D eigenvalue weighted by molar-refractivity contribution is -0.306. The van der Waals surface area contributed by atoms with Crippen LogP contribution in [-0.4, -0.2) is 29.7 Å². The predicted octanol–water partition coefficient (Wildman–Crippen LogP) is 1.93. The van der Waals surface area contributed by atoms with Gasteiger partial charge in [-0.15, -0.1) is 0 Å². The minimum absolute atomic E-state index is 0.0481. The topological polar surface area (TPSA) is 104 Å². The molecule has 3 rings (SSSR count). The summed E-state index contributed by atoms with van der Waals surface area (Å²) in [7, 11) is 1.54. The standard InChI is InChI=1S/C19H18N2O5S/c1-25-13-8-6-12(7-9-13)15(10-18(23)24)20-17(22)11-27-19-21-14-4-2-3-5-16(14)26-19/h2-9,15H,10-11H2,1H3,(H,20,22)(H,23,24)/p-1/t15-/m1/s1. The quantitative estimate of drug-likeness (QED) is 0.591. The Balaban J connectivity index is 1.63. The van der Waals surface area contributed by atoms with Gasteiger partial charge in [-0.2, -0.15) is 0 Å². The Morgan fingerprint density at radius 2 is 1.96 bits per heavy atom. The van der Waals surface area contributed by atoms with Crippen LogP contribution >= 0.6 is 11.8 Å². The summed E-state index contributed by atoms with van der Waals surface area (Å²) in [5, 5.41) is 14.1. The minimum atomic E-state index is -1.25. The van der Waals surface area contributed by atoms with Gasteiger partial charge in [0, 0.05) is 12.4 Å². The van der Waals surface area contributed by atoms with E-state index < -0.39 is 12.0 Å². The normalized spacial score (nSPS) is 11.9. The van der Waals surface area contributed by atoms with Crippen LogP contribution in [0.5, 0.6) is 5.75 Å². The zero-order valence-electron chi connectivity index (χ0n) is 14.5. The highest BCUT2D eigenvalue weighted by molar-refractivity contribution is 7.99. The van der Waals surface area contributed by atoms with Gasteiger partial charge in [-0.1, -0.05) is 36.0 Å². The van der Waals surface area contributed by atoms with Crippen molar-refractivity contribution in [3.8, 4) is 5.75 Å². The van der Waals surface area contributed by atoms with Gasteiger partial charge in [-0.3, -0.25) is 4.79 Å². The second kappa shape index (κ2) is 8.59. The number of methoxy groups -OCH3 is 1. The number of oxazole rings is 1. The Hall–Kier alpha value is -3.00. The van der Waals surface area contributed by atoms with E-state index in [2.05, 4.69) is 10.3 Å². The zero-order valence-corrected chi connectivity index (χ0v) is 15.3. The average molecular weight is 385 g/mol. The predicted molar refractivity (Wildman–Crippen MR) is 98.2 cm³/mol. The smallest absolute Gasteiger partial charge is 0.257 e. The van der Waals surface area contributed by atoms with Gasteiger partial charge in [0.2, 0.25) is 5.91 Å². The molecule has 0 bridgehead atoms. The third kappa shape index (κ3) is 5.01. The molecule has 0 unspecified atom stereocenters. The maximum Gasteiger partial charge on any atom is 0.257 e. The molecule has 0 saturated heterocycles. The summed E-state index contributed by atoms with van der Waals surface area (Å²) >= 11 is 1.14. The summed E-state index contributed by atoms with van der Waals surface area (Å²) in [4.78, 5) is 27.6. The molecule has 1 amide bonds. The second-order valence-electron chi connectivity index (χ2n) is 5.71. The van der Waals surface area contributed by atoms with Crippen molar-refractivity contribution >= 4 is 34.7 Å². The van der Waals surface area contributed by atoms with Crippen LogP contribution in [0.1, 0.15) is 18.0 Å². The number of hydrogen-bond acceptors (Lipinski definition) is 7. The van der Waals surface area contributed by atoms with E-state index in [1.807, 2.05) is 18.2 Å². The Kier molecular flexibility index (Phi) is 5.97. The fourth-order valence-electron chi connectivity index (χ4n) is 2.53. The van der Waals surface area contributed by atoms with Crippen LogP contribution in [0.2, 0.25) is 0 Å². The zero-order chi connectivity index (χ0) is 19.2. The number of ether oxygens (including phenoxy) is 1. The van der Waals surface area contributed by atoms with Gasteiger partial charge < -0.3 is 24.4 Å². The number of aliphatic carboxylic acids is 1. The van der Waals surface area contributed by atoms with Gasteiger partial charge in [-0.25, -0.2) is 4.98 Å². The van der Waals surface area contributed by atoms with Crippen LogP contribution in [0.3, 0.4) is 0 Å². The lowest BCUT2D eigenvalue weighted by atomic mass is 10.0. The van der Waals surface area contributed by atoms with E-state index in [-0.39, 0.29) is 18.1 Å². The van der Waals surface area contributed by atoms with Crippen LogP contribution in [0.25, 0.3) is 11.1 Å². The number of carboxylic acids is 1. The number of aromatic nitrogens is 1. The van der Waals surface area contributed by atoms with Crippen molar-refractivity contribution in [3.05, 3.63) is 54.1 Å². The molecule has 1 N–H and O–H groups in total. The summed E-state index contributed by atoms with van der Waals surface area (Å²) < 4.78 is 10.6. The van der Waals surface area contributed by atoms with Crippen LogP contribution in [0.15, 0.2) is 58.2 Å². The molecule has 0 aliphatic carbocycles. The third-order valence-electron chi connectivity index (χ3n) is 3.83. The number of rotatable bonds is 8. The molecular weight excluding hydrogens is 368 g/mol. The van der Waals surface area contributed by atoms with Crippen LogP contribution in [-0.2, 0) is 9.59 Å². The van der Waals surface area contributed by atoms with Gasteiger partial charge in [0.05, 0.1) is 18.9 Å². The Labute approximate surface area is 159 Å². The number of carbonyl (C=O) groups excluding carboxylic acids is 2.